The van der Waals surface area contributed by atoms with E-state index in [1.807, 2.05) is 17.0 Å². The molecule has 0 bridgehead atoms. The van der Waals surface area contributed by atoms with Gasteiger partial charge in [0.15, 0.2) is 6.34 Å². The molecule has 4 rings (SSSR count). The average Bonchev–Trinajstić information content (AvgIpc) is 3.29. The van der Waals surface area contributed by atoms with Gasteiger partial charge in [0.2, 0.25) is 5.91 Å². The van der Waals surface area contributed by atoms with Crippen LogP contribution in [0.4, 0.5) is 5.69 Å². The number of rotatable bonds is 7. The van der Waals surface area contributed by atoms with Gasteiger partial charge >= 0.3 is 5.97 Å². The standard InChI is InChI=1S/C23H30N6O3/c1-16-20(14-32-21(16)30)29-12-11-23(22(29)31)9-7-19(8-10-23)28(2)13-17-3-5-18(6-4-17)27-26-15-25-24/h3-6,15,19,24,27H,7-14H2,1-2H3/b25-24?,26-15-/t19-,23+. The third-order valence-corrected chi connectivity index (χ3v) is 7.15. The first-order valence-electron chi connectivity index (χ1n) is 11.1. The molecule has 2 fully saturated rings. The fourth-order valence-electron chi connectivity index (χ4n) is 5.12. The Hall–Kier alpha value is -3.07. The maximum Gasteiger partial charge on any atom is 0.336 e. The SMILES string of the molecule is CC1=C(N2CC[C@]3(CC[C@H](N(C)Cc4ccc(N/N=C\N=N)cc4)CC3)C2=O)COC1=O. The molecule has 1 saturated carbocycles. The van der Waals surface area contributed by atoms with Gasteiger partial charge in [-0.3, -0.25) is 15.1 Å². The summed E-state index contributed by atoms with van der Waals surface area (Å²) >= 11 is 0. The van der Waals surface area contributed by atoms with Crippen molar-refractivity contribution in [2.75, 3.05) is 25.6 Å². The molecule has 32 heavy (non-hydrogen) atoms. The molecule has 2 aliphatic heterocycles. The number of nitrogens with zero attached hydrogens (tertiary/aromatic N) is 4. The van der Waals surface area contributed by atoms with E-state index in [4.69, 9.17) is 10.3 Å². The molecule has 9 heteroatoms. The van der Waals surface area contributed by atoms with Gasteiger partial charge in [0.1, 0.15) is 6.61 Å². The topological polar surface area (TPSA) is 110 Å². The first-order valence-corrected chi connectivity index (χ1v) is 11.1. The van der Waals surface area contributed by atoms with Crippen molar-refractivity contribution in [3.63, 3.8) is 0 Å². The van der Waals surface area contributed by atoms with Crippen LogP contribution in [0.15, 0.2) is 45.8 Å². The van der Waals surface area contributed by atoms with Crippen LogP contribution < -0.4 is 5.43 Å². The molecule has 3 aliphatic rings. The van der Waals surface area contributed by atoms with Crippen LogP contribution >= 0.6 is 0 Å². The van der Waals surface area contributed by atoms with E-state index in [0.717, 1.165) is 56.4 Å². The monoisotopic (exact) mass is 438 g/mol. The molecule has 170 valence electrons. The zero-order valence-electron chi connectivity index (χ0n) is 18.6. The van der Waals surface area contributed by atoms with E-state index < -0.39 is 0 Å². The van der Waals surface area contributed by atoms with Gasteiger partial charge in [-0.15, -0.1) is 5.11 Å². The number of esters is 1. The van der Waals surface area contributed by atoms with Gasteiger partial charge in [-0.25, -0.2) is 10.3 Å². The number of carbonyl (C=O) groups excluding carboxylic acids is 2. The lowest BCUT2D eigenvalue weighted by molar-refractivity contribution is -0.138. The lowest BCUT2D eigenvalue weighted by Gasteiger charge is -2.39. The van der Waals surface area contributed by atoms with Crippen LogP contribution in [-0.4, -0.2) is 54.3 Å². The first kappa shape index (κ1) is 22.1. The minimum atomic E-state index is -0.306. The zero-order valence-corrected chi connectivity index (χ0v) is 18.6. The number of hydrogen-bond donors (Lipinski definition) is 2. The van der Waals surface area contributed by atoms with Crippen molar-refractivity contribution in [1.29, 1.82) is 5.53 Å². The number of nitrogens with one attached hydrogen (secondary N) is 2. The minimum absolute atomic E-state index is 0.176. The summed E-state index contributed by atoms with van der Waals surface area (Å²) in [5, 5.41) is 6.87. The van der Waals surface area contributed by atoms with Crippen LogP contribution in [0.3, 0.4) is 0 Å². The van der Waals surface area contributed by atoms with Crippen LogP contribution in [0.1, 0.15) is 44.6 Å². The second kappa shape index (κ2) is 9.20. The van der Waals surface area contributed by atoms with Gasteiger partial charge in [-0.2, -0.15) is 5.10 Å². The van der Waals surface area contributed by atoms with Crippen molar-refractivity contribution >= 4 is 23.9 Å². The van der Waals surface area contributed by atoms with Gasteiger partial charge in [0.25, 0.3) is 0 Å². The largest absolute Gasteiger partial charge is 0.456 e. The van der Waals surface area contributed by atoms with E-state index in [0.29, 0.717) is 18.2 Å². The molecule has 2 heterocycles. The summed E-state index contributed by atoms with van der Waals surface area (Å²) in [6.07, 6.45) is 5.77. The Morgan fingerprint density at radius 3 is 2.59 bits per heavy atom. The van der Waals surface area contributed by atoms with Crippen LogP contribution in [0.2, 0.25) is 0 Å². The Bertz CT molecular complexity index is 947. The van der Waals surface area contributed by atoms with E-state index in [9.17, 15) is 9.59 Å². The number of carbonyl (C=O) groups is 2. The highest BCUT2D eigenvalue weighted by molar-refractivity contribution is 5.94. The van der Waals surface area contributed by atoms with E-state index in [1.165, 1.54) is 5.56 Å². The predicted octanol–water partition coefficient (Wildman–Crippen LogP) is 3.50. The highest BCUT2D eigenvalue weighted by Gasteiger charge is 2.50. The predicted molar refractivity (Wildman–Crippen MR) is 120 cm³/mol. The zero-order chi connectivity index (χ0) is 22.7. The number of hydrazone groups is 1. The molecule has 0 aromatic heterocycles. The number of benzene rings is 1. The van der Waals surface area contributed by atoms with Crippen molar-refractivity contribution < 1.29 is 14.3 Å². The number of likely N-dealkylation sites (tertiary alicyclic amines) is 1. The normalized spacial score (nSPS) is 26.0. The highest BCUT2D eigenvalue weighted by atomic mass is 16.5. The Labute approximate surface area is 188 Å². The summed E-state index contributed by atoms with van der Waals surface area (Å²) in [6, 6.07) is 8.49. The molecule has 0 unspecified atom stereocenters. The molecule has 9 nitrogen and oxygen atoms in total. The molecule has 1 amide bonds. The molecule has 0 radical (unpaired) electrons. The van der Waals surface area contributed by atoms with Crippen LogP contribution in [-0.2, 0) is 20.9 Å². The lowest BCUT2D eigenvalue weighted by atomic mass is 9.71. The second-order valence-corrected chi connectivity index (χ2v) is 8.96. The summed E-state index contributed by atoms with van der Waals surface area (Å²) in [4.78, 5) is 29.2. The number of ether oxygens (including phenoxy) is 1. The maximum atomic E-state index is 13.3. The number of cyclic esters (lactones) is 1. The molecule has 1 aromatic rings. The van der Waals surface area contributed by atoms with Crippen molar-refractivity contribution in [1.82, 2.24) is 9.80 Å². The van der Waals surface area contributed by atoms with Crippen molar-refractivity contribution in [3.8, 4) is 0 Å². The van der Waals surface area contributed by atoms with Gasteiger partial charge in [-0.1, -0.05) is 12.1 Å². The minimum Gasteiger partial charge on any atom is -0.456 e. The molecule has 0 atom stereocenters. The summed E-state index contributed by atoms with van der Waals surface area (Å²) < 4.78 is 5.12. The Kier molecular flexibility index (Phi) is 6.36. The smallest absolute Gasteiger partial charge is 0.336 e. The third-order valence-electron chi connectivity index (χ3n) is 7.15. The molecular formula is C23H30N6O3. The van der Waals surface area contributed by atoms with Crippen LogP contribution in [0, 0.1) is 10.9 Å². The van der Waals surface area contributed by atoms with Crippen LogP contribution in [0.25, 0.3) is 0 Å². The fourth-order valence-corrected chi connectivity index (χ4v) is 5.12. The van der Waals surface area contributed by atoms with Crippen LogP contribution in [0.5, 0.6) is 0 Å². The van der Waals surface area contributed by atoms with Gasteiger partial charge < -0.3 is 9.64 Å². The maximum absolute atomic E-state index is 13.3. The van der Waals surface area contributed by atoms with Gasteiger partial charge in [0.05, 0.1) is 22.4 Å². The van der Waals surface area contributed by atoms with E-state index in [2.05, 4.69) is 39.7 Å². The van der Waals surface area contributed by atoms with E-state index in [-0.39, 0.29) is 23.9 Å². The summed E-state index contributed by atoms with van der Waals surface area (Å²) in [5.41, 5.74) is 12.6. The van der Waals surface area contributed by atoms with E-state index >= 15 is 0 Å². The summed E-state index contributed by atoms with van der Waals surface area (Å²) in [5.74, 6) is -0.130. The number of hydrogen-bond acceptors (Lipinski definition) is 7. The lowest BCUT2D eigenvalue weighted by Crippen LogP contribution is -2.42. The summed E-state index contributed by atoms with van der Waals surface area (Å²) in [6.45, 7) is 3.49. The second-order valence-electron chi connectivity index (χ2n) is 8.96. The third kappa shape index (κ3) is 4.29. The molecule has 1 spiro atoms. The Balaban J connectivity index is 1.32. The number of amides is 1. The van der Waals surface area contributed by atoms with E-state index in [1.54, 1.807) is 6.92 Å². The van der Waals surface area contributed by atoms with Crippen molar-refractivity contribution in [2.45, 2.75) is 51.6 Å². The fraction of sp³-hybridized carbons (Fsp3) is 0.522. The first-order chi connectivity index (χ1) is 15.4. The summed E-state index contributed by atoms with van der Waals surface area (Å²) in [7, 11) is 2.15. The molecule has 1 saturated heterocycles. The molecule has 2 N–H and O–H groups in total. The Morgan fingerprint density at radius 2 is 1.97 bits per heavy atom. The average molecular weight is 439 g/mol. The quantitative estimate of drug-likeness (QED) is 0.223. The molecular weight excluding hydrogens is 408 g/mol. The Morgan fingerprint density at radius 1 is 1.25 bits per heavy atom. The molecule has 1 aliphatic carbocycles. The van der Waals surface area contributed by atoms with Crippen molar-refractivity contribution in [2.24, 2.45) is 15.6 Å². The van der Waals surface area contributed by atoms with Gasteiger partial charge in [-0.05, 0) is 63.8 Å². The molecule has 1 aromatic carbocycles. The highest BCUT2D eigenvalue weighted by Crippen LogP contribution is 2.47. The number of anilines is 1. The van der Waals surface area contributed by atoms with Gasteiger partial charge in [0, 0.05) is 19.1 Å². The van der Waals surface area contributed by atoms with Crippen molar-refractivity contribution in [3.05, 3.63) is 41.1 Å².